The number of urea groups is 1. The molecule has 2 atom stereocenters. The predicted octanol–water partition coefficient (Wildman–Crippen LogP) is 1.58. The van der Waals surface area contributed by atoms with Gasteiger partial charge in [-0.15, -0.1) is 0 Å². The number of rotatable bonds is 1. The third-order valence-electron chi connectivity index (χ3n) is 5.63. The van der Waals surface area contributed by atoms with E-state index in [9.17, 15) is 9.59 Å². The van der Waals surface area contributed by atoms with Gasteiger partial charge in [0.1, 0.15) is 6.61 Å². The summed E-state index contributed by atoms with van der Waals surface area (Å²) in [5.41, 5.74) is 1.37. The molecule has 25 heavy (non-hydrogen) atoms. The lowest BCUT2D eigenvalue weighted by Crippen LogP contribution is -2.62. The molecule has 1 aromatic rings. The molecule has 0 aromatic heterocycles. The Balaban J connectivity index is 1.32. The van der Waals surface area contributed by atoms with E-state index in [-0.39, 0.29) is 30.7 Å². The number of nitrogens with zero attached hydrogens (tertiary/aromatic N) is 2. The van der Waals surface area contributed by atoms with E-state index in [2.05, 4.69) is 29.6 Å². The van der Waals surface area contributed by atoms with Crippen molar-refractivity contribution in [1.82, 2.24) is 15.1 Å². The van der Waals surface area contributed by atoms with Crippen molar-refractivity contribution in [3.05, 3.63) is 35.9 Å². The molecule has 1 N–H and O–H groups in total. The molecule has 4 rings (SSSR count). The highest BCUT2D eigenvalue weighted by Crippen LogP contribution is 2.28. The highest BCUT2D eigenvalue weighted by atomic mass is 16.5. The van der Waals surface area contributed by atoms with Crippen molar-refractivity contribution in [2.24, 2.45) is 0 Å². The molecule has 3 saturated heterocycles. The van der Waals surface area contributed by atoms with E-state index >= 15 is 0 Å². The Kier molecular flexibility index (Phi) is 4.61. The van der Waals surface area contributed by atoms with Gasteiger partial charge in [-0.05, 0) is 30.7 Å². The molecule has 0 bridgehead atoms. The zero-order valence-electron chi connectivity index (χ0n) is 14.4. The Morgan fingerprint density at radius 1 is 1.04 bits per heavy atom. The van der Waals surface area contributed by atoms with Crippen molar-refractivity contribution in [3.63, 3.8) is 0 Å². The maximum absolute atomic E-state index is 12.9. The van der Waals surface area contributed by atoms with E-state index in [0.717, 1.165) is 32.4 Å². The molecule has 6 nitrogen and oxygen atoms in total. The monoisotopic (exact) mass is 343 g/mol. The fraction of sp³-hybridized carbons (Fsp3) is 0.579. The van der Waals surface area contributed by atoms with Gasteiger partial charge >= 0.3 is 6.03 Å². The summed E-state index contributed by atoms with van der Waals surface area (Å²) in [5, 5.41) is 2.96. The molecular weight excluding hydrogens is 318 g/mol. The van der Waals surface area contributed by atoms with E-state index in [1.54, 1.807) is 0 Å². The quantitative estimate of drug-likeness (QED) is 0.842. The fourth-order valence-electron chi connectivity index (χ4n) is 4.20. The predicted molar refractivity (Wildman–Crippen MR) is 93.2 cm³/mol. The van der Waals surface area contributed by atoms with Gasteiger partial charge in [0, 0.05) is 26.2 Å². The number of hydrogen-bond donors (Lipinski definition) is 1. The molecule has 3 aliphatic rings. The van der Waals surface area contributed by atoms with Gasteiger partial charge in [0.2, 0.25) is 5.91 Å². The number of hydrogen-bond acceptors (Lipinski definition) is 3. The van der Waals surface area contributed by atoms with Crippen LogP contribution in [-0.4, -0.2) is 66.7 Å². The van der Waals surface area contributed by atoms with Crippen LogP contribution in [0.1, 0.15) is 30.7 Å². The molecular formula is C19H25N3O3. The highest BCUT2D eigenvalue weighted by Gasteiger charge is 2.38. The Hall–Kier alpha value is -2.08. The number of piperidine rings is 2. The van der Waals surface area contributed by atoms with Crippen molar-refractivity contribution in [1.29, 1.82) is 0 Å². The molecule has 3 aliphatic heterocycles. The molecule has 6 heteroatoms. The summed E-state index contributed by atoms with van der Waals surface area (Å²) >= 11 is 0. The van der Waals surface area contributed by atoms with Gasteiger partial charge in [-0.1, -0.05) is 30.3 Å². The Morgan fingerprint density at radius 3 is 2.52 bits per heavy atom. The smallest absolute Gasteiger partial charge is 0.320 e. The minimum atomic E-state index is -0.0841. The molecule has 0 unspecified atom stereocenters. The molecule has 3 amide bonds. The lowest BCUT2D eigenvalue weighted by atomic mass is 9.89. The second-order valence-corrected chi connectivity index (χ2v) is 7.21. The summed E-state index contributed by atoms with van der Waals surface area (Å²) in [5.74, 6) is 0.459. The topological polar surface area (TPSA) is 61.9 Å². The summed E-state index contributed by atoms with van der Waals surface area (Å²) in [6.45, 7) is 2.99. The zero-order valence-corrected chi connectivity index (χ0v) is 14.4. The maximum Gasteiger partial charge on any atom is 0.320 e. The van der Waals surface area contributed by atoms with Crippen LogP contribution in [-0.2, 0) is 9.53 Å². The largest absolute Gasteiger partial charge is 0.366 e. The summed E-state index contributed by atoms with van der Waals surface area (Å²) in [6.07, 6.45) is 2.85. The second-order valence-electron chi connectivity index (χ2n) is 7.21. The van der Waals surface area contributed by atoms with Crippen LogP contribution in [0.15, 0.2) is 30.3 Å². The van der Waals surface area contributed by atoms with Gasteiger partial charge in [-0.2, -0.15) is 0 Å². The summed E-state index contributed by atoms with van der Waals surface area (Å²) < 4.78 is 5.57. The van der Waals surface area contributed by atoms with Gasteiger partial charge in [0.25, 0.3) is 0 Å². The molecule has 0 aliphatic carbocycles. The number of fused-ring (bicyclic) bond motifs is 1. The molecule has 0 saturated carbocycles. The Morgan fingerprint density at radius 2 is 1.76 bits per heavy atom. The van der Waals surface area contributed by atoms with E-state index in [0.29, 0.717) is 19.0 Å². The van der Waals surface area contributed by atoms with E-state index < -0.39 is 0 Å². The molecule has 0 spiro atoms. The molecule has 3 fully saturated rings. The second kappa shape index (κ2) is 7.04. The van der Waals surface area contributed by atoms with Crippen LogP contribution in [0.25, 0.3) is 0 Å². The van der Waals surface area contributed by atoms with Crippen molar-refractivity contribution < 1.29 is 14.3 Å². The number of carbonyl (C=O) groups is 2. The number of morpholine rings is 1. The maximum atomic E-state index is 12.9. The van der Waals surface area contributed by atoms with Crippen molar-refractivity contribution in [3.8, 4) is 0 Å². The van der Waals surface area contributed by atoms with Crippen LogP contribution in [0.2, 0.25) is 0 Å². The summed E-state index contributed by atoms with van der Waals surface area (Å²) in [7, 11) is 0. The molecule has 1 aromatic carbocycles. The fourth-order valence-corrected chi connectivity index (χ4v) is 4.20. The van der Waals surface area contributed by atoms with Crippen LogP contribution in [0, 0.1) is 0 Å². The van der Waals surface area contributed by atoms with Crippen LogP contribution < -0.4 is 5.32 Å². The minimum Gasteiger partial charge on any atom is -0.366 e. The van der Waals surface area contributed by atoms with E-state index in [1.807, 2.05) is 15.9 Å². The standard InChI is InChI=1S/C19H25N3O3/c23-18-13-25-17-8-11-22(12-16(17)20-18)19(24)21-9-6-15(7-10-21)14-4-2-1-3-5-14/h1-5,15-17H,6-13H2,(H,20,23)/t16-,17+/m1/s1. The van der Waals surface area contributed by atoms with Crippen molar-refractivity contribution in [2.75, 3.05) is 32.8 Å². The highest BCUT2D eigenvalue weighted by molar-refractivity contribution is 5.79. The van der Waals surface area contributed by atoms with Crippen LogP contribution in [0.5, 0.6) is 0 Å². The number of amides is 3. The third-order valence-corrected chi connectivity index (χ3v) is 5.63. The first-order valence-corrected chi connectivity index (χ1v) is 9.20. The van der Waals surface area contributed by atoms with Crippen molar-refractivity contribution >= 4 is 11.9 Å². The van der Waals surface area contributed by atoms with Gasteiger partial charge in [-0.25, -0.2) is 4.79 Å². The number of benzene rings is 1. The lowest BCUT2D eigenvalue weighted by Gasteiger charge is -2.43. The summed E-state index contributed by atoms with van der Waals surface area (Å²) in [4.78, 5) is 28.2. The third kappa shape index (κ3) is 3.49. The first kappa shape index (κ1) is 16.4. The lowest BCUT2D eigenvalue weighted by molar-refractivity contribution is -0.139. The first-order valence-electron chi connectivity index (χ1n) is 9.20. The van der Waals surface area contributed by atoms with Crippen LogP contribution >= 0.6 is 0 Å². The van der Waals surface area contributed by atoms with Gasteiger partial charge in [0.15, 0.2) is 0 Å². The molecule has 134 valence electrons. The van der Waals surface area contributed by atoms with Crippen LogP contribution in [0.3, 0.4) is 0 Å². The van der Waals surface area contributed by atoms with E-state index in [1.165, 1.54) is 5.56 Å². The van der Waals surface area contributed by atoms with Gasteiger partial charge in [0.05, 0.1) is 12.1 Å². The number of nitrogens with one attached hydrogen (secondary N) is 1. The molecule has 0 radical (unpaired) electrons. The Labute approximate surface area is 148 Å². The zero-order chi connectivity index (χ0) is 17.2. The summed E-state index contributed by atoms with van der Waals surface area (Å²) in [6, 6.07) is 10.6. The van der Waals surface area contributed by atoms with Crippen LogP contribution in [0.4, 0.5) is 4.79 Å². The average molecular weight is 343 g/mol. The number of ether oxygens (including phenoxy) is 1. The normalized spacial score (nSPS) is 27.6. The van der Waals surface area contributed by atoms with E-state index in [4.69, 9.17) is 4.74 Å². The first-order chi connectivity index (χ1) is 12.2. The Bertz CT molecular complexity index is 628. The number of carbonyl (C=O) groups excluding carboxylic acids is 2. The molecule has 3 heterocycles. The average Bonchev–Trinajstić information content (AvgIpc) is 2.67. The van der Waals surface area contributed by atoms with Gasteiger partial charge < -0.3 is 19.9 Å². The SMILES string of the molecule is O=C1CO[C@H]2CCN(C(=O)N3CCC(c4ccccc4)CC3)C[C@H]2N1. The minimum absolute atomic E-state index is 0.0468. The van der Waals surface area contributed by atoms with Crippen molar-refractivity contribution in [2.45, 2.75) is 37.3 Å². The number of likely N-dealkylation sites (tertiary alicyclic amines) is 2. The van der Waals surface area contributed by atoms with Gasteiger partial charge in [-0.3, -0.25) is 4.79 Å².